The van der Waals surface area contributed by atoms with Crippen molar-refractivity contribution < 1.29 is 4.42 Å². The Morgan fingerprint density at radius 3 is 2.92 bits per heavy atom. The molecule has 1 aromatic rings. The average molecular weight is 183 g/mol. The fourth-order valence-corrected chi connectivity index (χ4v) is 0.942. The van der Waals surface area contributed by atoms with Gasteiger partial charge < -0.3 is 15.1 Å². The van der Waals surface area contributed by atoms with Crippen LogP contribution in [0.25, 0.3) is 0 Å². The van der Waals surface area contributed by atoms with E-state index in [4.69, 9.17) is 4.42 Å². The molecule has 0 aromatic carbocycles. The second-order valence-electron chi connectivity index (χ2n) is 3.45. The molecule has 74 valence electrons. The maximum absolute atomic E-state index is 5.21. The fraction of sp³-hybridized carbons (Fsp3) is 0.667. The maximum Gasteiger partial charge on any atom is 0.294 e. The van der Waals surface area contributed by atoms with E-state index in [0.29, 0.717) is 11.9 Å². The average Bonchev–Trinajstić information content (AvgIpc) is 2.50. The zero-order valence-electron chi connectivity index (χ0n) is 8.42. The van der Waals surface area contributed by atoms with Gasteiger partial charge in [0.25, 0.3) is 6.01 Å². The van der Waals surface area contributed by atoms with E-state index in [-0.39, 0.29) is 0 Å². The number of rotatable bonds is 5. The molecule has 1 rings (SSSR count). The number of nitrogens with zero attached hydrogens (tertiary/aromatic N) is 1. The lowest BCUT2D eigenvalue weighted by Gasteiger charge is -2.03. The molecule has 0 aliphatic rings. The van der Waals surface area contributed by atoms with Gasteiger partial charge in [-0.2, -0.15) is 4.98 Å². The zero-order chi connectivity index (χ0) is 9.68. The highest BCUT2D eigenvalue weighted by Gasteiger charge is 2.02. The molecule has 0 fully saturated rings. The third-order valence-electron chi connectivity index (χ3n) is 1.57. The van der Waals surface area contributed by atoms with Gasteiger partial charge in [-0.05, 0) is 13.0 Å². The summed E-state index contributed by atoms with van der Waals surface area (Å²) in [5.41, 5.74) is 0.925. The largest absolute Gasteiger partial charge is 0.432 e. The second kappa shape index (κ2) is 4.87. The van der Waals surface area contributed by atoms with Crippen molar-refractivity contribution in [3.63, 3.8) is 0 Å². The summed E-state index contributed by atoms with van der Waals surface area (Å²) in [5.74, 6) is 0.597. The summed E-state index contributed by atoms with van der Waals surface area (Å²) in [7, 11) is 1.88. The highest BCUT2D eigenvalue weighted by Crippen LogP contribution is 2.07. The molecule has 0 aliphatic carbocycles. The Balaban J connectivity index is 2.39. The minimum Gasteiger partial charge on any atom is -0.432 e. The molecule has 0 aliphatic heterocycles. The quantitative estimate of drug-likeness (QED) is 0.725. The summed E-state index contributed by atoms with van der Waals surface area (Å²) < 4.78 is 5.21. The normalized spacial score (nSPS) is 10.8. The van der Waals surface area contributed by atoms with Gasteiger partial charge in [0.15, 0.2) is 0 Å². The first-order chi connectivity index (χ1) is 6.22. The Morgan fingerprint density at radius 2 is 2.31 bits per heavy atom. The monoisotopic (exact) mass is 183 g/mol. The minimum atomic E-state index is 0.597. The predicted octanol–water partition coefficient (Wildman–Crippen LogP) is 1.46. The molecule has 1 aromatic heterocycles. The molecule has 4 nitrogen and oxygen atoms in total. The number of anilines is 1. The number of hydrogen-bond donors (Lipinski definition) is 2. The Labute approximate surface area is 78.7 Å². The van der Waals surface area contributed by atoms with Gasteiger partial charge in [0.1, 0.15) is 6.26 Å². The van der Waals surface area contributed by atoms with Gasteiger partial charge in [-0.3, -0.25) is 0 Å². The van der Waals surface area contributed by atoms with Gasteiger partial charge in [0, 0.05) is 13.1 Å². The Kier molecular flexibility index (Phi) is 3.76. The Morgan fingerprint density at radius 1 is 1.54 bits per heavy atom. The Bertz CT molecular complexity index is 245. The molecule has 0 spiro atoms. The topological polar surface area (TPSA) is 50.1 Å². The highest BCUT2D eigenvalue weighted by molar-refractivity contribution is 5.20. The van der Waals surface area contributed by atoms with Crippen molar-refractivity contribution in [1.29, 1.82) is 0 Å². The van der Waals surface area contributed by atoms with E-state index in [9.17, 15) is 0 Å². The predicted molar refractivity (Wildman–Crippen MR) is 52.6 cm³/mol. The summed E-state index contributed by atoms with van der Waals surface area (Å²) in [6, 6.07) is 0.610. The molecule has 0 atom stereocenters. The van der Waals surface area contributed by atoms with Crippen LogP contribution >= 0.6 is 0 Å². The van der Waals surface area contributed by atoms with E-state index >= 15 is 0 Å². The molecule has 0 unspecified atom stereocenters. The summed E-state index contributed by atoms with van der Waals surface area (Å²) >= 11 is 0. The van der Waals surface area contributed by atoms with Gasteiger partial charge in [-0.15, -0.1) is 0 Å². The third-order valence-corrected chi connectivity index (χ3v) is 1.57. The number of hydrogen-bond acceptors (Lipinski definition) is 4. The van der Waals surface area contributed by atoms with Crippen LogP contribution in [0.15, 0.2) is 10.7 Å². The summed E-state index contributed by atoms with van der Waals surface area (Å²) in [5, 5.41) is 6.13. The molecule has 0 saturated heterocycles. The van der Waals surface area contributed by atoms with Gasteiger partial charge in [-0.1, -0.05) is 13.8 Å². The molecule has 0 amide bonds. The number of nitrogens with one attached hydrogen (secondary N) is 2. The lowest BCUT2D eigenvalue weighted by molar-refractivity contribution is 0.558. The highest BCUT2D eigenvalue weighted by atomic mass is 16.4. The van der Waals surface area contributed by atoms with Crippen LogP contribution in [0.1, 0.15) is 19.5 Å². The van der Waals surface area contributed by atoms with Crippen LogP contribution in [0, 0.1) is 5.92 Å². The van der Waals surface area contributed by atoms with Crippen LogP contribution in [0.3, 0.4) is 0 Å². The lowest BCUT2D eigenvalue weighted by atomic mass is 10.2. The van der Waals surface area contributed by atoms with Crippen LogP contribution in [-0.4, -0.2) is 18.6 Å². The van der Waals surface area contributed by atoms with Gasteiger partial charge in [0.2, 0.25) is 0 Å². The smallest absolute Gasteiger partial charge is 0.294 e. The van der Waals surface area contributed by atoms with Crippen molar-refractivity contribution in [2.75, 3.05) is 18.9 Å². The first-order valence-corrected chi connectivity index (χ1v) is 4.55. The summed E-state index contributed by atoms with van der Waals surface area (Å²) in [4.78, 5) is 4.23. The maximum atomic E-state index is 5.21. The molecule has 2 N–H and O–H groups in total. The van der Waals surface area contributed by atoms with Gasteiger partial charge >= 0.3 is 0 Å². The van der Waals surface area contributed by atoms with Crippen molar-refractivity contribution in [2.45, 2.75) is 20.4 Å². The number of aromatic nitrogens is 1. The second-order valence-corrected chi connectivity index (χ2v) is 3.45. The van der Waals surface area contributed by atoms with E-state index in [1.807, 2.05) is 7.05 Å². The first kappa shape index (κ1) is 10.1. The SMILES string of the molecule is CNCc1coc(NCC(C)C)n1. The van der Waals surface area contributed by atoms with Crippen LogP contribution in [0.4, 0.5) is 6.01 Å². The van der Waals surface area contributed by atoms with E-state index in [2.05, 4.69) is 29.5 Å². The minimum absolute atomic E-state index is 0.597. The van der Waals surface area contributed by atoms with Crippen molar-refractivity contribution in [2.24, 2.45) is 5.92 Å². The van der Waals surface area contributed by atoms with Crippen LogP contribution in [-0.2, 0) is 6.54 Å². The standard InChI is InChI=1S/C9H17N3O/c1-7(2)4-11-9-12-8(5-10-3)6-13-9/h6-7,10H,4-5H2,1-3H3,(H,11,12). The van der Waals surface area contributed by atoms with E-state index in [1.165, 1.54) is 0 Å². The van der Waals surface area contributed by atoms with Gasteiger partial charge in [0.05, 0.1) is 5.69 Å². The summed E-state index contributed by atoms with van der Waals surface area (Å²) in [6.45, 7) is 5.92. The molecule has 0 bridgehead atoms. The van der Waals surface area contributed by atoms with Crippen molar-refractivity contribution in [3.8, 4) is 0 Å². The zero-order valence-corrected chi connectivity index (χ0v) is 8.42. The van der Waals surface area contributed by atoms with Crippen LogP contribution in [0.5, 0.6) is 0 Å². The fourth-order valence-electron chi connectivity index (χ4n) is 0.942. The third kappa shape index (κ3) is 3.46. The summed E-state index contributed by atoms with van der Waals surface area (Å²) in [6.07, 6.45) is 1.67. The van der Waals surface area contributed by atoms with E-state index in [0.717, 1.165) is 18.8 Å². The van der Waals surface area contributed by atoms with E-state index in [1.54, 1.807) is 6.26 Å². The van der Waals surface area contributed by atoms with Crippen LogP contribution in [0.2, 0.25) is 0 Å². The number of oxazole rings is 1. The molecular formula is C9H17N3O. The molecule has 4 heteroatoms. The van der Waals surface area contributed by atoms with Crippen LogP contribution < -0.4 is 10.6 Å². The Hall–Kier alpha value is -1.03. The molecule has 13 heavy (non-hydrogen) atoms. The van der Waals surface area contributed by atoms with Crippen molar-refractivity contribution >= 4 is 6.01 Å². The van der Waals surface area contributed by atoms with Crippen molar-refractivity contribution in [1.82, 2.24) is 10.3 Å². The molecule has 0 radical (unpaired) electrons. The van der Waals surface area contributed by atoms with E-state index < -0.39 is 0 Å². The molecule has 0 saturated carbocycles. The molecular weight excluding hydrogens is 166 g/mol. The first-order valence-electron chi connectivity index (χ1n) is 4.55. The lowest BCUT2D eigenvalue weighted by Crippen LogP contribution is -2.09. The molecule has 1 heterocycles. The van der Waals surface area contributed by atoms with Gasteiger partial charge in [-0.25, -0.2) is 0 Å². The van der Waals surface area contributed by atoms with Crippen molar-refractivity contribution in [3.05, 3.63) is 12.0 Å².